The Morgan fingerprint density at radius 1 is 1.03 bits per heavy atom. The molecule has 2 aromatic carbocycles. The van der Waals surface area contributed by atoms with Crippen LogP contribution in [0, 0.1) is 5.92 Å². The number of carbonyl (C=O) groups excluding carboxylic acids is 2. The van der Waals surface area contributed by atoms with Crippen molar-refractivity contribution < 1.29 is 9.59 Å². The molecule has 1 saturated carbocycles. The van der Waals surface area contributed by atoms with Gasteiger partial charge in [0, 0.05) is 45.7 Å². The van der Waals surface area contributed by atoms with Crippen LogP contribution in [-0.4, -0.2) is 22.1 Å². The molecule has 1 heterocycles. The lowest BCUT2D eigenvalue weighted by atomic mass is 9.89. The minimum absolute atomic E-state index is 0.0303. The van der Waals surface area contributed by atoms with Crippen molar-refractivity contribution in [3.63, 3.8) is 0 Å². The van der Waals surface area contributed by atoms with Crippen molar-refractivity contribution in [3.8, 4) is 0 Å². The van der Waals surface area contributed by atoms with Crippen molar-refractivity contribution in [1.29, 1.82) is 0 Å². The number of hydrazone groups is 1. The van der Waals surface area contributed by atoms with E-state index in [4.69, 9.17) is 0 Å². The van der Waals surface area contributed by atoms with E-state index in [-0.39, 0.29) is 24.2 Å². The largest absolute Gasteiger partial charge is 0.341 e. The molecule has 1 aliphatic carbocycles. The number of aromatic nitrogens is 1. The monoisotopic (exact) mass is 418 g/mol. The van der Waals surface area contributed by atoms with Crippen molar-refractivity contribution in [1.82, 2.24) is 9.99 Å². The van der Waals surface area contributed by atoms with Gasteiger partial charge in [-0.05, 0) is 51.0 Å². The number of rotatable bonds is 6. The van der Waals surface area contributed by atoms with Gasteiger partial charge in [-0.2, -0.15) is 5.10 Å². The van der Waals surface area contributed by atoms with Gasteiger partial charge < -0.3 is 9.88 Å². The normalized spacial score (nSPS) is 15.4. The molecule has 3 aromatic rings. The zero-order valence-electron chi connectivity index (χ0n) is 18.3. The van der Waals surface area contributed by atoms with Gasteiger partial charge in [0.15, 0.2) is 0 Å². The minimum atomic E-state index is -0.147. The molecule has 0 spiro atoms. The smallest absolute Gasteiger partial charge is 0.243 e. The first-order valence-electron chi connectivity index (χ1n) is 11.2. The van der Waals surface area contributed by atoms with Gasteiger partial charge in [-0.1, -0.05) is 37.5 Å². The summed E-state index contributed by atoms with van der Waals surface area (Å²) in [4.78, 5) is 24.7. The quantitative estimate of drug-likeness (QED) is 0.426. The lowest BCUT2D eigenvalue weighted by molar-refractivity contribution is -0.126. The van der Waals surface area contributed by atoms with Crippen LogP contribution in [0.1, 0.15) is 52.4 Å². The zero-order chi connectivity index (χ0) is 21.8. The number of para-hydroxylation sites is 1. The molecule has 4 rings (SSSR count). The number of anilines is 1. The fraction of sp³-hybridized carbons (Fsp3) is 0.400. The van der Waals surface area contributed by atoms with Crippen LogP contribution >= 0.6 is 0 Å². The van der Waals surface area contributed by atoms with Gasteiger partial charge in [0.25, 0.3) is 0 Å². The first-order valence-corrected chi connectivity index (χ1v) is 11.2. The number of nitrogens with one attached hydrogen (secondary N) is 2. The van der Waals surface area contributed by atoms with E-state index in [9.17, 15) is 9.59 Å². The molecular weight excluding hydrogens is 388 g/mol. The van der Waals surface area contributed by atoms with Crippen molar-refractivity contribution in [2.45, 2.75) is 58.9 Å². The van der Waals surface area contributed by atoms with E-state index in [2.05, 4.69) is 45.5 Å². The first kappa shape index (κ1) is 21.1. The van der Waals surface area contributed by atoms with E-state index in [0.29, 0.717) is 5.71 Å². The number of hydrogen-bond acceptors (Lipinski definition) is 3. The van der Waals surface area contributed by atoms with E-state index < -0.39 is 0 Å². The maximum Gasteiger partial charge on any atom is 0.243 e. The lowest BCUT2D eigenvalue weighted by Gasteiger charge is -2.19. The minimum Gasteiger partial charge on any atom is -0.341 e. The number of hydrogen-bond donors (Lipinski definition) is 2. The van der Waals surface area contributed by atoms with Crippen molar-refractivity contribution >= 4 is 45.0 Å². The Bertz CT molecular complexity index is 1140. The molecule has 6 nitrogen and oxygen atoms in total. The van der Waals surface area contributed by atoms with Crippen LogP contribution in [0.15, 0.2) is 47.6 Å². The number of benzene rings is 2. The molecule has 0 radical (unpaired) electrons. The molecule has 6 heteroatoms. The molecule has 1 fully saturated rings. The highest BCUT2D eigenvalue weighted by Gasteiger charge is 2.20. The average molecular weight is 419 g/mol. The Morgan fingerprint density at radius 3 is 2.55 bits per heavy atom. The Morgan fingerprint density at radius 2 is 1.77 bits per heavy atom. The summed E-state index contributed by atoms with van der Waals surface area (Å²) in [5.41, 5.74) is 6.34. The molecule has 0 saturated heterocycles. The molecule has 1 aromatic heterocycles. The highest BCUT2D eigenvalue weighted by molar-refractivity contribution is 6.11. The van der Waals surface area contributed by atoms with Crippen LogP contribution in [0.3, 0.4) is 0 Å². The molecule has 162 valence electrons. The van der Waals surface area contributed by atoms with E-state index in [0.717, 1.165) is 48.8 Å². The second kappa shape index (κ2) is 9.33. The van der Waals surface area contributed by atoms with Crippen LogP contribution in [0.2, 0.25) is 0 Å². The van der Waals surface area contributed by atoms with Crippen LogP contribution in [0.4, 0.5) is 5.69 Å². The predicted molar refractivity (Wildman–Crippen MR) is 126 cm³/mol. The van der Waals surface area contributed by atoms with Gasteiger partial charge in [0.2, 0.25) is 11.8 Å². The average Bonchev–Trinajstić information content (AvgIpc) is 3.11. The lowest BCUT2D eigenvalue weighted by Crippen LogP contribution is -2.29. The van der Waals surface area contributed by atoms with Crippen LogP contribution in [0.25, 0.3) is 21.8 Å². The summed E-state index contributed by atoms with van der Waals surface area (Å²) in [7, 11) is 0. The summed E-state index contributed by atoms with van der Waals surface area (Å²) < 4.78 is 2.28. The zero-order valence-corrected chi connectivity index (χ0v) is 18.3. The molecule has 0 unspecified atom stereocenters. The van der Waals surface area contributed by atoms with Gasteiger partial charge >= 0.3 is 0 Å². The van der Waals surface area contributed by atoms with Crippen LogP contribution in [-0.2, 0) is 16.1 Å². The fourth-order valence-electron chi connectivity index (χ4n) is 4.56. The summed E-state index contributed by atoms with van der Waals surface area (Å²) in [5, 5.41) is 9.41. The van der Waals surface area contributed by atoms with E-state index in [1.54, 1.807) is 6.92 Å². The molecule has 31 heavy (non-hydrogen) atoms. The summed E-state index contributed by atoms with van der Waals surface area (Å²) in [6.07, 6.45) is 5.40. The van der Waals surface area contributed by atoms with Gasteiger partial charge in [-0.3, -0.25) is 9.59 Å². The number of aryl methyl sites for hydroxylation is 1. The van der Waals surface area contributed by atoms with Crippen molar-refractivity contribution in [2.24, 2.45) is 11.0 Å². The van der Waals surface area contributed by atoms with E-state index in [1.165, 1.54) is 17.3 Å². The van der Waals surface area contributed by atoms with Gasteiger partial charge in [-0.25, -0.2) is 5.43 Å². The second-order valence-corrected chi connectivity index (χ2v) is 8.38. The Balaban J connectivity index is 1.42. The Labute approximate surface area is 182 Å². The molecule has 1 aliphatic rings. The first-order chi connectivity index (χ1) is 15.1. The summed E-state index contributed by atoms with van der Waals surface area (Å²) in [5.74, 6) is -0.125. The number of amides is 2. The summed E-state index contributed by atoms with van der Waals surface area (Å²) >= 11 is 0. The standard InChI is InChI=1S/C25H30N4O2/c1-3-29-22-12-8-7-11-20(22)21-16-19(13-14-23(21)29)26-24(30)15-17(2)27-28-25(31)18-9-5-4-6-10-18/h7-8,11-14,16,18H,3-6,9-10,15H2,1-2H3,(H,26,30)(H,28,31)/b27-17+. The highest BCUT2D eigenvalue weighted by atomic mass is 16.2. The summed E-state index contributed by atoms with van der Waals surface area (Å²) in [6.45, 7) is 4.79. The van der Waals surface area contributed by atoms with Gasteiger partial charge in [0.1, 0.15) is 0 Å². The third-order valence-electron chi connectivity index (χ3n) is 6.12. The SMILES string of the molecule is CCn1c2ccccc2c2cc(NC(=O)C/C(C)=N/NC(=O)C3CCCCC3)ccc21. The Kier molecular flexibility index (Phi) is 6.35. The molecule has 0 aliphatic heterocycles. The predicted octanol–water partition coefficient (Wildman–Crippen LogP) is 5.22. The molecule has 2 amide bonds. The fourth-order valence-corrected chi connectivity index (χ4v) is 4.56. The number of carbonyl (C=O) groups is 2. The highest BCUT2D eigenvalue weighted by Crippen LogP contribution is 2.31. The molecule has 2 N–H and O–H groups in total. The maximum absolute atomic E-state index is 12.5. The maximum atomic E-state index is 12.5. The van der Waals surface area contributed by atoms with Crippen LogP contribution in [0.5, 0.6) is 0 Å². The number of nitrogens with zero attached hydrogens (tertiary/aromatic N) is 2. The molecule has 0 bridgehead atoms. The third kappa shape index (κ3) is 4.63. The van der Waals surface area contributed by atoms with Crippen molar-refractivity contribution in [3.05, 3.63) is 42.5 Å². The third-order valence-corrected chi connectivity index (χ3v) is 6.12. The van der Waals surface area contributed by atoms with E-state index in [1.807, 2.05) is 24.3 Å². The van der Waals surface area contributed by atoms with Gasteiger partial charge in [-0.15, -0.1) is 0 Å². The Hall–Kier alpha value is -3.15. The van der Waals surface area contributed by atoms with Gasteiger partial charge in [0.05, 0.1) is 6.42 Å². The van der Waals surface area contributed by atoms with Crippen molar-refractivity contribution in [2.75, 3.05) is 5.32 Å². The van der Waals surface area contributed by atoms with E-state index >= 15 is 0 Å². The second-order valence-electron chi connectivity index (χ2n) is 8.38. The molecular formula is C25H30N4O2. The summed E-state index contributed by atoms with van der Waals surface area (Å²) in [6, 6.07) is 14.3. The van der Waals surface area contributed by atoms with Crippen LogP contribution < -0.4 is 10.7 Å². The topological polar surface area (TPSA) is 75.5 Å². The molecule has 0 atom stereocenters. The number of fused-ring (bicyclic) bond motifs is 3.